The fourth-order valence-electron chi connectivity index (χ4n) is 2.05. The van der Waals surface area contributed by atoms with Gasteiger partial charge in [0, 0.05) is 11.6 Å². The van der Waals surface area contributed by atoms with Crippen LogP contribution in [0.1, 0.15) is 34.6 Å². The summed E-state index contributed by atoms with van der Waals surface area (Å²) in [6.07, 6.45) is 0.945. The summed E-state index contributed by atoms with van der Waals surface area (Å²) < 4.78 is 10.9. The Labute approximate surface area is 146 Å². The van der Waals surface area contributed by atoms with Crippen LogP contribution >= 0.6 is 0 Å². The van der Waals surface area contributed by atoms with Gasteiger partial charge in [-0.05, 0) is 58.9 Å². The van der Waals surface area contributed by atoms with E-state index in [2.05, 4.69) is 15.8 Å². The second-order valence-corrected chi connectivity index (χ2v) is 7.02. The van der Waals surface area contributed by atoms with Crippen molar-refractivity contribution in [3.63, 3.8) is 0 Å². The topological polar surface area (TPSA) is 89.6 Å². The van der Waals surface area contributed by atoms with Crippen LogP contribution in [0.4, 0.5) is 4.79 Å². The monoisotopic (exact) mass is 345 g/mol. The predicted octanol–water partition coefficient (Wildman–Crippen LogP) is 2.95. The SMILES string of the molecule is CC(C)(C)OC(=O)NNC(=O)C(C)(C)Oc1cccc2ncccc12. The summed E-state index contributed by atoms with van der Waals surface area (Å²) in [4.78, 5) is 28.2. The molecule has 0 aliphatic rings. The molecule has 2 amide bonds. The van der Waals surface area contributed by atoms with Crippen molar-refractivity contribution in [1.29, 1.82) is 0 Å². The smallest absolute Gasteiger partial charge is 0.426 e. The molecule has 0 radical (unpaired) electrons. The van der Waals surface area contributed by atoms with E-state index in [0.29, 0.717) is 5.75 Å². The number of carbonyl (C=O) groups excluding carboxylic acids is 2. The molecular weight excluding hydrogens is 322 g/mol. The van der Waals surface area contributed by atoms with Gasteiger partial charge >= 0.3 is 6.09 Å². The van der Waals surface area contributed by atoms with Crippen molar-refractivity contribution in [2.75, 3.05) is 0 Å². The third-order valence-electron chi connectivity index (χ3n) is 3.19. The molecule has 0 spiro atoms. The highest BCUT2D eigenvalue weighted by Gasteiger charge is 2.31. The van der Waals surface area contributed by atoms with Gasteiger partial charge in [0.1, 0.15) is 11.4 Å². The number of carbonyl (C=O) groups is 2. The van der Waals surface area contributed by atoms with E-state index in [-0.39, 0.29) is 0 Å². The highest BCUT2D eigenvalue weighted by Crippen LogP contribution is 2.27. The first-order valence-electron chi connectivity index (χ1n) is 7.91. The Morgan fingerprint density at radius 1 is 1.00 bits per heavy atom. The maximum absolute atomic E-state index is 12.4. The van der Waals surface area contributed by atoms with E-state index in [1.54, 1.807) is 59.0 Å². The summed E-state index contributed by atoms with van der Waals surface area (Å²) >= 11 is 0. The van der Waals surface area contributed by atoms with Crippen molar-refractivity contribution in [1.82, 2.24) is 15.8 Å². The summed E-state index contributed by atoms with van der Waals surface area (Å²) in [5, 5.41) is 0.797. The minimum atomic E-state index is -1.22. The lowest BCUT2D eigenvalue weighted by atomic mass is 10.1. The number of ether oxygens (including phenoxy) is 2. The molecule has 134 valence electrons. The minimum Gasteiger partial charge on any atom is -0.477 e. The lowest BCUT2D eigenvalue weighted by Gasteiger charge is -2.26. The molecule has 0 saturated carbocycles. The first-order valence-corrected chi connectivity index (χ1v) is 7.91. The first kappa shape index (κ1) is 18.5. The summed E-state index contributed by atoms with van der Waals surface area (Å²) in [6, 6.07) is 9.09. The number of amides is 2. The molecule has 7 nitrogen and oxygen atoms in total. The molecule has 0 aliphatic carbocycles. The third kappa shape index (κ3) is 5.07. The van der Waals surface area contributed by atoms with E-state index >= 15 is 0 Å². The Balaban J connectivity index is 2.05. The van der Waals surface area contributed by atoms with Crippen molar-refractivity contribution in [3.05, 3.63) is 36.5 Å². The Bertz CT molecular complexity index is 776. The Kier molecular flexibility index (Phi) is 5.15. The predicted molar refractivity (Wildman–Crippen MR) is 94.0 cm³/mol. The van der Waals surface area contributed by atoms with Crippen molar-refractivity contribution < 1.29 is 19.1 Å². The fourth-order valence-corrected chi connectivity index (χ4v) is 2.05. The van der Waals surface area contributed by atoms with Crippen LogP contribution in [0, 0.1) is 0 Å². The molecule has 0 unspecified atom stereocenters. The molecule has 1 aromatic carbocycles. The number of rotatable bonds is 3. The second kappa shape index (κ2) is 6.96. The van der Waals surface area contributed by atoms with Gasteiger partial charge in [-0.1, -0.05) is 6.07 Å². The number of fused-ring (bicyclic) bond motifs is 1. The van der Waals surface area contributed by atoms with Crippen LogP contribution in [0.3, 0.4) is 0 Å². The third-order valence-corrected chi connectivity index (χ3v) is 3.19. The molecule has 7 heteroatoms. The van der Waals surface area contributed by atoms with E-state index in [1.807, 2.05) is 12.1 Å². The molecule has 1 heterocycles. The number of pyridine rings is 1. The van der Waals surface area contributed by atoms with E-state index in [0.717, 1.165) is 10.9 Å². The molecule has 0 fully saturated rings. The average Bonchev–Trinajstić information content (AvgIpc) is 2.51. The van der Waals surface area contributed by atoms with E-state index in [4.69, 9.17) is 9.47 Å². The van der Waals surface area contributed by atoms with Crippen LogP contribution in [0.2, 0.25) is 0 Å². The van der Waals surface area contributed by atoms with E-state index in [9.17, 15) is 9.59 Å². The van der Waals surface area contributed by atoms with Gasteiger partial charge in [0.05, 0.1) is 5.52 Å². The summed E-state index contributed by atoms with van der Waals surface area (Å²) in [5.74, 6) is 0.0160. The number of nitrogens with zero attached hydrogens (tertiary/aromatic N) is 1. The number of aromatic nitrogens is 1. The van der Waals surface area contributed by atoms with Gasteiger partial charge in [-0.25, -0.2) is 10.2 Å². The molecule has 2 aromatic rings. The zero-order chi connectivity index (χ0) is 18.7. The van der Waals surface area contributed by atoms with Crippen LogP contribution in [0.15, 0.2) is 36.5 Å². The molecule has 2 N–H and O–H groups in total. The summed E-state index contributed by atoms with van der Waals surface area (Å²) in [5.41, 5.74) is 3.41. The lowest BCUT2D eigenvalue weighted by molar-refractivity contribution is -0.135. The average molecular weight is 345 g/mol. The number of hydrogen-bond donors (Lipinski definition) is 2. The number of hydrogen-bond acceptors (Lipinski definition) is 5. The van der Waals surface area contributed by atoms with E-state index in [1.165, 1.54) is 0 Å². The highest BCUT2D eigenvalue weighted by molar-refractivity contribution is 5.88. The standard InChI is InChI=1S/C18H23N3O4/c1-17(2,3)25-16(23)21-20-15(22)18(4,5)24-14-10-6-9-13-12(14)8-7-11-19-13/h6-11H,1-5H3,(H,20,22)(H,21,23). The molecular formula is C18H23N3O4. The van der Waals surface area contributed by atoms with Crippen molar-refractivity contribution >= 4 is 22.9 Å². The highest BCUT2D eigenvalue weighted by atomic mass is 16.6. The van der Waals surface area contributed by atoms with Gasteiger partial charge in [0.2, 0.25) is 0 Å². The Morgan fingerprint density at radius 2 is 1.72 bits per heavy atom. The van der Waals surface area contributed by atoms with Crippen LogP contribution in [0.5, 0.6) is 5.75 Å². The van der Waals surface area contributed by atoms with Gasteiger partial charge in [-0.3, -0.25) is 15.2 Å². The van der Waals surface area contributed by atoms with Gasteiger partial charge in [0.15, 0.2) is 5.60 Å². The minimum absolute atomic E-state index is 0.515. The number of hydrazine groups is 1. The van der Waals surface area contributed by atoms with Gasteiger partial charge in [-0.2, -0.15) is 0 Å². The lowest BCUT2D eigenvalue weighted by Crippen LogP contribution is -2.53. The maximum atomic E-state index is 12.4. The van der Waals surface area contributed by atoms with Gasteiger partial charge in [-0.15, -0.1) is 0 Å². The van der Waals surface area contributed by atoms with Crippen LogP contribution < -0.4 is 15.6 Å². The molecule has 25 heavy (non-hydrogen) atoms. The van der Waals surface area contributed by atoms with Crippen LogP contribution in [0.25, 0.3) is 10.9 Å². The van der Waals surface area contributed by atoms with Crippen LogP contribution in [-0.4, -0.2) is 28.2 Å². The number of benzene rings is 1. The molecule has 0 saturated heterocycles. The zero-order valence-electron chi connectivity index (χ0n) is 15.0. The zero-order valence-corrected chi connectivity index (χ0v) is 15.0. The first-order chi connectivity index (χ1) is 11.6. The van der Waals surface area contributed by atoms with Gasteiger partial charge < -0.3 is 9.47 Å². The van der Waals surface area contributed by atoms with Crippen molar-refractivity contribution in [2.24, 2.45) is 0 Å². The number of nitrogens with one attached hydrogen (secondary N) is 2. The van der Waals surface area contributed by atoms with E-state index < -0.39 is 23.2 Å². The molecule has 1 aromatic heterocycles. The normalized spacial score (nSPS) is 11.7. The molecule has 2 rings (SSSR count). The Hall–Kier alpha value is -2.83. The quantitative estimate of drug-likeness (QED) is 0.835. The van der Waals surface area contributed by atoms with Crippen LogP contribution in [-0.2, 0) is 9.53 Å². The molecule has 0 aliphatic heterocycles. The van der Waals surface area contributed by atoms with Gasteiger partial charge in [0.25, 0.3) is 5.91 Å². The van der Waals surface area contributed by atoms with Crippen molar-refractivity contribution in [2.45, 2.75) is 45.8 Å². The maximum Gasteiger partial charge on any atom is 0.426 e. The van der Waals surface area contributed by atoms with Crippen molar-refractivity contribution in [3.8, 4) is 5.75 Å². The second-order valence-electron chi connectivity index (χ2n) is 7.02. The molecule has 0 bridgehead atoms. The molecule has 0 atom stereocenters. The fraction of sp³-hybridized carbons (Fsp3) is 0.389. The Morgan fingerprint density at radius 3 is 2.40 bits per heavy atom. The summed E-state index contributed by atoms with van der Waals surface area (Å²) in [6.45, 7) is 8.41. The summed E-state index contributed by atoms with van der Waals surface area (Å²) in [7, 11) is 0. The largest absolute Gasteiger partial charge is 0.477 e.